The van der Waals surface area contributed by atoms with Gasteiger partial charge in [-0.15, -0.1) is 0 Å². The van der Waals surface area contributed by atoms with E-state index in [2.05, 4.69) is 4.98 Å². The predicted molar refractivity (Wildman–Crippen MR) is 69.5 cm³/mol. The van der Waals surface area contributed by atoms with Crippen molar-refractivity contribution in [3.63, 3.8) is 0 Å². The molecule has 0 bridgehead atoms. The van der Waals surface area contributed by atoms with Crippen molar-refractivity contribution >= 4 is 5.97 Å². The molecule has 2 aromatic rings. The van der Waals surface area contributed by atoms with Crippen LogP contribution in [0, 0.1) is 5.92 Å². The quantitative estimate of drug-likeness (QED) is 0.829. The van der Waals surface area contributed by atoms with E-state index >= 15 is 0 Å². The summed E-state index contributed by atoms with van der Waals surface area (Å²) in [5.74, 6) is -0.774. The molecular weight excluding hydrogens is 242 g/mol. The van der Waals surface area contributed by atoms with Crippen LogP contribution in [0.1, 0.15) is 25.6 Å². The Bertz CT molecular complexity index is 549. The molecule has 0 spiro atoms. The number of carboxylic acid groups (broad SMARTS) is 1. The monoisotopic (exact) mass is 260 g/mol. The first-order valence-corrected chi connectivity index (χ1v) is 6.27. The minimum atomic E-state index is -0.810. The number of aromatic nitrogens is 3. The molecule has 0 aliphatic rings. The van der Waals surface area contributed by atoms with E-state index in [1.165, 1.54) is 0 Å². The number of imidazole rings is 1. The van der Waals surface area contributed by atoms with Crippen LogP contribution < -0.4 is 4.57 Å². The molecule has 0 aromatic carbocycles. The summed E-state index contributed by atoms with van der Waals surface area (Å²) in [5, 5.41) is 9.25. The molecule has 0 fully saturated rings. The van der Waals surface area contributed by atoms with E-state index in [0.717, 1.165) is 5.69 Å². The van der Waals surface area contributed by atoms with Crippen LogP contribution in [-0.4, -0.2) is 20.6 Å². The molecule has 5 nitrogen and oxygen atoms in total. The van der Waals surface area contributed by atoms with Crippen LogP contribution in [0.15, 0.2) is 43.1 Å². The smallest absolute Gasteiger partial charge is 0.349 e. The molecule has 1 atom stereocenters. The van der Waals surface area contributed by atoms with E-state index in [-0.39, 0.29) is 5.92 Å². The van der Waals surface area contributed by atoms with Crippen molar-refractivity contribution in [2.75, 3.05) is 0 Å². The Morgan fingerprint density at radius 3 is 2.84 bits per heavy atom. The first-order chi connectivity index (χ1) is 9.08. The second-order valence-electron chi connectivity index (χ2n) is 4.88. The highest BCUT2D eigenvalue weighted by molar-refractivity contribution is 5.72. The fourth-order valence-electron chi connectivity index (χ4n) is 2.10. The summed E-state index contributed by atoms with van der Waals surface area (Å²) in [5.41, 5.74) is 0.946. The fourth-order valence-corrected chi connectivity index (χ4v) is 2.10. The van der Waals surface area contributed by atoms with Gasteiger partial charge in [-0.25, -0.2) is 13.9 Å². The predicted octanol–water partition coefficient (Wildman–Crippen LogP) is 1.50. The van der Waals surface area contributed by atoms with Crippen LogP contribution in [0.2, 0.25) is 0 Å². The number of carbonyl (C=O) groups is 1. The summed E-state index contributed by atoms with van der Waals surface area (Å²) in [6, 6.07) is 5.22. The Morgan fingerprint density at radius 2 is 2.26 bits per heavy atom. The number of aliphatic carboxylic acids is 1. The maximum Gasteiger partial charge on any atom is 0.349 e. The summed E-state index contributed by atoms with van der Waals surface area (Å²) in [6.45, 7) is 4.45. The van der Waals surface area contributed by atoms with Gasteiger partial charge in [0.2, 0.25) is 6.33 Å². The SMILES string of the molecule is CC(C)[C@@H](C(=O)O)n1cc[n+](Cc2ccccn2)c1. The molecule has 0 aliphatic heterocycles. The van der Waals surface area contributed by atoms with Crippen molar-refractivity contribution < 1.29 is 14.5 Å². The van der Waals surface area contributed by atoms with Crippen molar-refractivity contribution in [3.05, 3.63) is 48.8 Å². The van der Waals surface area contributed by atoms with Crippen LogP contribution in [0.3, 0.4) is 0 Å². The third kappa shape index (κ3) is 3.19. The largest absolute Gasteiger partial charge is 0.478 e. The fraction of sp³-hybridized carbons (Fsp3) is 0.357. The zero-order valence-corrected chi connectivity index (χ0v) is 11.1. The Kier molecular flexibility index (Phi) is 3.94. The topological polar surface area (TPSA) is 59.0 Å². The summed E-state index contributed by atoms with van der Waals surface area (Å²) >= 11 is 0. The molecule has 0 radical (unpaired) electrons. The zero-order chi connectivity index (χ0) is 13.8. The van der Waals surface area contributed by atoms with E-state index in [4.69, 9.17) is 0 Å². The van der Waals surface area contributed by atoms with Crippen LogP contribution >= 0.6 is 0 Å². The van der Waals surface area contributed by atoms with Gasteiger partial charge in [0, 0.05) is 12.1 Å². The molecule has 0 amide bonds. The molecule has 0 aliphatic carbocycles. The molecule has 5 heteroatoms. The minimum absolute atomic E-state index is 0.0354. The minimum Gasteiger partial charge on any atom is -0.478 e. The number of hydrogen-bond donors (Lipinski definition) is 1. The standard InChI is InChI=1S/C14H17N3O2/c1-11(2)13(14(18)19)17-8-7-16(10-17)9-12-5-3-4-6-15-12/h3-8,10-11,13H,9H2,1-2H3/p+1/t13-/m0/s1. The second kappa shape index (κ2) is 5.65. The van der Waals surface area contributed by atoms with Gasteiger partial charge in [-0.05, 0) is 12.1 Å². The van der Waals surface area contributed by atoms with Gasteiger partial charge in [0.15, 0.2) is 6.04 Å². The van der Waals surface area contributed by atoms with Gasteiger partial charge < -0.3 is 5.11 Å². The second-order valence-corrected chi connectivity index (χ2v) is 4.88. The summed E-state index contributed by atoms with van der Waals surface area (Å²) in [4.78, 5) is 15.5. The highest BCUT2D eigenvalue weighted by Gasteiger charge is 2.28. The average Bonchev–Trinajstić information content (AvgIpc) is 2.77. The normalized spacial score (nSPS) is 12.6. The highest BCUT2D eigenvalue weighted by Crippen LogP contribution is 2.16. The summed E-state index contributed by atoms with van der Waals surface area (Å²) < 4.78 is 3.66. The number of nitrogens with zero attached hydrogens (tertiary/aromatic N) is 3. The number of carboxylic acids is 1. The molecular formula is C14H18N3O2+. The van der Waals surface area contributed by atoms with Crippen LogP contribution in [0.25, 0.3) is 0 Å². The first-order valence-electron chi connectivity index (χ1n) is 6.27. The van der Waals surface area contributed by atoms with Crippen LogP contribution in [-0.2, 0) is 11.3 Å². The molecule has 0 unspecified atom stereocenters. The third-order valence-electron chi connectivity index (χ3n) is 2.99. The van der Waals surface area contributed by atoms with Gasteiger partial charge in [-0.1, -0.05) is 19.9 Å². The molecule has 0 saturated heterocycles. The van der Waals surface area contributed by atoms with Gasteiger partial charge in [-0.2, -0.15) is 0 Å². The van der Waals surface area contributed by atoms with E-state index < -0.39 is 12.0 Å². The number of rotatable bonds is 5. The molecule has 1 N–H and O–H groups in total. The molecule has 2 aromatic heterocycles. The van der Waals surface area contributed by atoms with Crippen molar-refractivity contribution in [1.29, 1.82) is 0 Å². The van der Waals surface area contributed by atoms with Crippen molar-refractivity contribution in [2.45, 2.75) is 26.4 Å². The van der Waals surface area contributed by atoms with Crippen molar-refractivity contribution in [3.8, 4) is 0 Å². The van der Waals surface area contributed by atoms with Gasteiger partial charge in [-0.3, -0.25) is 4.98 Å². The van der Waals surface area contributed by atoms with Crippen molar-refractivity contribution in [2.24, 2.45) is 5.92 Å². The third-order valence-corrected chi connectivity index (χ3v) is 2.99. The molecule has 2 heterocycles. The first kappa shape index (κ1) is 13.3. The molecule has 0 saturated carbocycles. The Morgan fingerprint density at radius 1 is 1.47 bits per heavy atom. The van der Waals surface area contributed by atoms with Crippen LogP contribution in [0.5, 0.6) is 0 Å². The van der Waals surface area contributed by atoms with Crippen molar-refractivity contribution in [1.82, 2.24) is 9.55 Å². The van der Waals surface area contributed by atoms with E-state index in [1.807, 2.05) is 49.1 Å². The maximum atomic E-state index is 11.3. The molecule has 2 rings (SSSR count). The lowest BCUT2D eigenvalue weighted by Crippen LogP contribution is -2.33. The Balaban J connectivity index is 2.17. The van der Waals surface area contributed by atoms with E-state index in [1.54, 1.807) is 17.0 Å². The van der Waals surface area contributed by atoms with E-state index in [0.29, 0.717) is 6.54 Å². The van der Waals surface area contributed by atoms with Crippen LogP contribution in [0.4, 0.5) is 0 Å². The lowest BCUT2D eigenvalue weighted by Gasteiger charge is -2.11. The summed E-state index contributed by atoms with van der Waals surface area (Å²) in [7, 11) is 0. The summed E-state index contributed by atoms with van der Waals surface area (Å²) in [6.07, 6.45) is 7.23. The average molecular weight is 260 g/mol. The molecule has 100 valence electrons. The highest BCUT2D eigenvalue weighted by atomic mass is 16.4. The number of hydrogen-bond acceptors (Lipinski definition) is 2. The van der Waals surface area contributed by atoms with Gasteiger partial charge in [0.25, 0.3) is 0 Å². The van der Waals surface area contributed by atoms with Gasteiger partial charge in [0.05, 0.1) is 5.69 Å². The lowest BCUT2D eigenvalue weighted by atomic mass is 10.1. The number of pyridine rings is 1. The Labute approximate surface area is 112 Å². The van der Waals surface area contributed by atoms with Gasteiger partial charge in [0.1, 0.15) is 18.9 Å². The lowest BCUT2D eigenvalue weighted by molar-refractivity contribution is -0.688. The van der Waals surface area contributed by atoms with E-state index in [9.17, 15) is 9.90 Å². The maximum absolute atomic E-state index is 11.3. The Hall–Kier alpha value is -2.17. The van der Waals surface area contributed by atoms with Gasteiger partial charge >= 0.3 is 5.97 Å². The zero-order valence-electron chi connectivity index (χ0n) is 11.1. The molecule has 19 heavy (non-hydrogen) atoms.